The Balaban J connectivity index is 2.29. The first-order valence-corrected chi connectivity index (χ1v) is 6.94. The molecule has 0 radical (unpaired) electrons. The molecule has 0 aromatic heterocycles. The van der Waals surface area contributed by atoms with Crippen LogP contribution in [0.1, 0.15) is 11.6 Å². The smallest absolute Gasteiger partial charge is 0.283 e. The van der Waals surface area contributed by atoms with Gasteiger partial charge in [-0.15, -0.1) is 6.58 Å². The van der Waals surface area contributed by atoms with Crippen molar-refractivity contribution in [3.05, 3.63) is 51.0 Å². The Labute approximate surface area is 120 Å². The van der Waals surface area contributed by atoms with E-state index in [1.165, 1.54) is 0 Å². The summed E-state index contributed by atoms with van der Waals surface area (Å²) in [5.41, 5.74) is 1.01. The quantitative estimate of drug-likeness (QED) is 0.525. The third-order valence-corrected chi connectivity index (χ3v) is 3.95. The number of halogens is 1. The molecule has 0 spiro atoms. The van der Waals surface area contributed by atoms with Gasteiger partial charge in [-0.3, -0.25) is 15.0 Å². The van der Waals surface area contributed by atoms with Gasteiger partial charge < -0.3 is 5.32 Å². The summed E-state index contributed by atoms with van der Waals surface area (Å²) in [6.07, 6.45) is 1.85. The Bertz CT molecular complexity index is 487. The van der Waals surface area contributed by atoms with Crippen LogP contribution in [0.15, 0.2) is 35.3 Å². The Hall–Kier alpha value is -1.24. The monoisotopic (exact) mass is 325 g/mol. The third-order valence-electron chi connectivity index (χ3n) is 3.28. The fourth-order valence-corrected chi connectivity index (χ4v) is 2.70. The summed E-state index contributed by atoms with van der Waals surface area (Å²) in [6.45, 7) is 7.57. The first kappa shape index (κ1) is 14.2. The topological polar surface area (TPSA) is 58.4 Å². The minimum absolute atomic E-state index is 0.0221. The molecule has 1 heterocycles. The standard InChI is InChI=1S/C13H16BrN3O2/c1-2-12(16-7-5-15-6-8-16)10-3-4-11(14)13(9-10)17(18)19/h2-4,9,12,15H,1,5-8H2/t12-/m1/s1. The summed E-state index contributed by atoms with van der Waals surface area (Å²) < 4.78 is 0.504. The van der Waals surface area contributed by atoms with Crippen molar-refractivity contribution in [1.82, 2.24) is 10.2 Å². The molecule has 1 fully saturated rings. The number of hydrogen-bond acceptors (Lipinski definition) is 4. The van der Waals surface area contributed by atoms with Crippen molar-refractivity contribution in [3.63, 3.8) is 0 Å². The highest BCUT2D eigenvalue weighted by atomic mass is 79.9. The molecule has 1 aromatic carbocycles. The molecular weight excluding hydrogens is 310 g/mol. The van der Waals surface area contributed by atoms with Crippen molar-refractivity contribution in [3.8, 4) is 0 Å². The zero-order valence-corrected chi connectivity index (χ0v) is 12.1. The molecule has 1 saturated heterocycles. The molecule has 19 heavy (non-hydrogen) atoms. The van der Waals surface area contributed by atoms with Crippen molar-refractivity contribution in [2.45, 2.75) is 6.04 Å². The van der Waals surface area contributed by atoms with Crippen molar-refractivity contribution < 1.29 is 4.92 Å². The predicted octanol–water partition coefficient (Wildman–Crippen LogP) is 2.49. The summed E-state index contributed by atoms with van der Waals surface area (Å²) in [4.78, 5) is 12.9. The lowest BCUT2D eigenvalue weighted by Gasteiger charge is -2.33. The second-order valence-electron chi connectivity index (χ2n) is 4.43. The number of rotatable bonds is 4. The van der Waals surface area contributed by atoms with Gasteiger partial charge in [-0.1, -0.05) is 12.1 Å². The Kier molecular flexibility index (Phi) is 4.68. The highest BCUT2D eigenvalue weighted by Crippen LogP contribution is 2.30. The van der Waals surface area contributed by atoms with Crippen LogP contribution in [0.5, 0.6) is 0 Å². The molecule has 6 heteroatoms. The summed E-state index contributed by atoms with van der Waals surface area (Å²) in [5, 5.41) is 14.3. The van der Waals surface area contributed by atoms with Gasteiger partial charge >= 0.3 is 0 Å². The summed E-state index contributed by atoms with van der Waals surface area (Å²) in [7, 11) is 0. The van der Waals surface area contributed by atoms with Gasteiger partial charge in [0, 0.05) is 32.2 Å². The van der Waals surface area contributed by atoms with Crippen LogP contribution in [-0.2, 0) is 0 Å². The Morgan fingerprint density at radius 3 is 2.74 bits per heavy atom. The molecule has 0 saturated carbocycles. The third kappa shape index (κ3) is 3.20. The number of benzene rings is 1. The highest BCUT2D eigenvalue weighted by Gasteiger charge is 2.22. The second kappa shape index (κ2) is 6.27. The fourth-order valence-electron chi connectivity index (χ4n) is 2.31. The number of piperazine rings is 1. The summed E-state index contributed by atoms with van der Waals surface area (Å²) >= 11 is 3.21. The second-order valence-corrected chi connectivity index (χ2v) is 5.29. The number of nitrogens with one attached hydrogen (secondary N) is 1. The normalized spacial score (nSPS) is 17.9. The number of hydrogen-bond donors (Lipinski definition) is 1. The average molecular weight is 326 g/mol. The van der Waals surface area contributed by atoms with E-state index in [2.05, 4.69) is 32.7 Å². The average Bonchev–Trinajstić information content (AvgIpc) is 2.42. The Morgan fingerprint density at radius 2 is 2.16 bits per heavy atom. The van der Waals surface area contributed by atoms with E-state index in [1.54, 1.807) is 12.1 Å². The van der Waals surface area contributed by atoms with Crippen molar-refractivity contribution in [1.29, 1.82) is 0 Å². The van der Waals surface area contributed by atoms with Crippen LogP contribution in [0.3, 0.4) is 0 Å². The minimum atomic E-state index is -0.370. The highest BCUT2D eigenvalue weighted by molar-refractivity contribution is 9.10. The van der Waals surface area contributed by atoms with E-state index in [-0.39, 0.29) is 16.7 Å². The Morgan fingerprint density at radius 1 is 1.47 bits per heavy atom. The lowest BCUT2D eigenvalue weighted by molar-refractivity contribution is -0.385. The van der Waals surface area contributed by atoms with Gasteiger partial charge in [-0.2, -0.15) is 0 Å². The lowest BCUT2D eigenvalue weighted by atomic mass is 10.0. The van der Waals surface area contributed by atoms with Crippen LogP contribution in [0.25, 0.3) is 0 Å². The number of nitro groups is 1. The molecule has 0 amide bonds. The number of nitrogens with zero attached hydrogens (tertiary/aromatic N) is 2. The van der Waals surface area contributed by atoms with Gasteiger partial charge in [-0.05, 0) is 27.6 Å². The molecule has 0 bridgehead atoms. The molecule has 2 rings (SSSR count). The van der Waals surface area contributed by atoms with Gasteiger partial charge in [0.05, 0.1) is 15.4 Å². The molecular formula is C13H16BrN3O2. The van der Waals surface area contributed by atoms with E-state index >= 15 is 0 Å². The summed E-state index contributed by atoms with van der Waals surface area (Å²) in [5.74, 6) is 0. The first-order chi connectivity index (χ1) is 9.13. The zero-order chi connectivity index (χ0) is 13.8. The number of nitro benzene ring substituents is 1. The van der Waals surface area contributed by atoms with Crippen molar-refractivity contribution in [2.75, 3.05) is 26.2 Å². The molecule has 1 aliphatic rings. The van der Waals surface area contributed by atoms with Crippen LogP contribution >= 0.6 is 15.9 Å². The van der Waals surface area contributed by atoms with Crippen molar-refractivity contribution >= 4 is 21.6 Å². The van der Waals surface area contributed by atoms with Gasteiger partial charge in [0.1, 0.15) is 0 Å². The van der Waals surface area contributed by atoms with E-state index in [0.29, 0.717) is 4.47 Å². The maximum absolute atomic E-state index is 11.0. The summed E-state index contributed by atoms with van der Waals surface area (Å²) in [6, 6.07) is 5.28. The zero-order valence-electron chi connectivity index (χ0n) is 10.5. The van der Waals surface area contributed by atoms with Gasteiger partial charge in [0.2, 0.25) is 0 Å². The van der Waals surface area contributed by atoms with Crippen LogP contribution < -0.4 is 5.32 Å². The molecule has 1 aromatic rings. The fraction of sp³-hybridized carbons (Fsp3) is 0.385. The van der Waals surface area contributed by atoms with E-state index in [0.717, 1.165) is 31.7 Å². The van der Waals surface area contributed by atoms with E-state index < -0.39 is 0 Å². The molecule has 1 N–H and O–H groups in total. The van der Waals surface area contributed by atoms with Crippen LogP contribution in [0, 0.1) is 10.1 Å². The van der Waals surface area contributed by atoms with E-state index in [9.17, 15) is 10.1 Å². The van der Waals surface area contributed by atoms with Crippen LogP contribution in [0.4, 0.5) is 5.69 Å². The molecule has 0 aliphatic carbocycles. The van der Waals surface area contributed by atoms with Crippen LogP contribution in [0.2, 0.25) is 0 Å². The van der Waals surface area contributed by atoms with Gasteiger partial charge in [0.25, 0.3) is 5.69 Å². The molecule has 1 aliphatic heterocycles. The molecule has 5 nitrogen and oxygen atoms in total. The van der Waals surface area contributed by atoms with Crippen LogP contribution in [-0.4, -0.2) is 36.0 Å². The lowest BCUT2D eigenvalue weighted by Crippen LogP contribution is -2.44. The molecule has 102 valence electrons. The minimum Gasteiger partial charge on any atom is -0.314 e. The maximum Gasteiger partial charge on any atom is 0.283 e. The van der Waals surface area contributed by atoms with E-state index in [1.807, 2.05) is 12.1 Å². The SMILES string of the molecule is C=C[C@H](c1ccc(Br)c([N+](=O)[O-])c1)N1CCNCC1. The molecule has 1 atom stereocenters. The van der Waals surface area contributed by atoms with Gasteiger partial charge in [0.15, 0.2) is 0 Å². The van der Waals surface area contributed by atoms with Gasteiger partial charge in [-0.25, -0.2) is 0 Å². The van der Waals surface area contributed by atoms with E-state index in [4.69, 9.17) is 0 Å². The largest absolute Gasteiger partial charge is 0.314 e. The maximum atomic E-state index is 11.0. The van der Waals surface area contributed by atoms with Crippen molar-refractivity contribution in [2.24, 2.45) is 0 Å². The predicted molar refractivity (Wildman–Crippen MR) is 78.2 cm³/mol. The molecule has 0 unspecified atom stereocenters. The first-order valence-electron chi connectivity index (χ1n) is 6.14.